The van der Waals surface area contributed by atoms with Gasteiger partial charge in [-0.2, -0.15) is 0 Å². The fourth-order valence-electron chi connectivity index (χ4n) is 1.80. The zero-order valence-electron chi connectivity index (χ0n) is 9.14. The van der Waals surface area contributed by atoms with Crippen LogP contribution >= 0.6 is 0 Å². The first-order valence-corrected chi connectivity index (χ1v) is 5.25. The maximum Gasteiger partial charge on any atom is 0.253 e. The van der Waals surface area contributed by atoms with Crippen LogP contribution in [0.15, 0.2) is 24.5 Å². The molecule has 5 nitrogen and oxygen atoms in total. The van der Waals surface area contributed by atoms with Crippen molar-refractivity contribution in [3.8, 4) is 0 Å². The van der Waals surface area contributed by atoms with Crippen LogP contribution in [0.25, 0.3) is 0 Å². The predicted molar refractivity (Wildman–Crippen MR) is 59.2 cm³/mol. The number of nitrogens with one attached hydrogen (secondary N) is 2. The minimum atomic E-state index is -0.108. The average Bonchev–Trinajstić information content (AvgIpc) is 2.77. The van der Waals surface area contributed by atoms with Crippen molar-refractivity contribution in [3.05, 3.63) is 30.1 Å². The Morgan fingerprint density at radius 1 is 1.62 bits per heavy atom. The standard InChI is InChI=1S/C11H15N3O2/c1-16-10-7-13-6-9(10)14-11(15)8-3-2-4-12-5-8/h2-5,9-10,13H,6-7H2,1H3,(H,14,15). The molecule has 0 aliphatic carbocycles. The normalized spacial score (nSPS) is 24.3. The van der Waals surface area contributed by atoms with E-state index in [0.717, 1.165) is 13.1 Å². The lowest BCUT2D eigenvalue weighted by Gasteiger charge is -2.18. The molecule has 5 heteroatoms. The van der Waals surface area contributed by atoms with Gasteiger partial charge in [0.15, 0.2) is 0 Å². The number of carbonyl (C=O) groups is 1. The first-order valence-electron chi connectivity index (χ1n) is 5.25. The average molecular weight is 221 g/mol. The summed E-state index contributed by atoms with van der Waals surface area (Å²) < 4.78 is 5.27. The summed E-state index contributed by atoms with van der Waals surface area (Å²) in [6.07, 6.45) is 3.24. The van der Waals surface area contributed by atoms with E-state index in [-0.39, 0.29) is 18.1 Å². The number of carbonyl (C=O) groups excluding carboxylic acids is 1. The Bertz CT molecular complexity index is 356. The van der Waals surface area contributed by atoms with E-state index in [1.54, 1.807) is 31.6 Å². The second-order valence-electron chi connectivity index (χ2n) is 3.75. The van der Waals surface area contributed by atoms with Crippen LogP contribution in [-0.4, -0.2) is 43.2 Å². The van der Waals surface area contributed by atoms with E-state index in [9.17, 15) is 4.79 Å². The van der Waals surface area contributed by atoms with E-state index in [0.29, 0.717) is 5.56 Å². The first-order chi connectivity index (χ1) is 7.81. The van der Waals surface area contributed by atoms with Crippen molar-refractivity contribution in [2.45, 2.75) is 12.1 Å². The van der Waals surface area contributed by atoms with Gasteiger partial charge in [0.05, 0.1) is 17.7 Å². The van der Waals surface area contributed by atoms with E-state index in [1.165, 1.54) is 0 Å². The highest BCUT2D eigenvalue weighted by Crippen LogP contribution is 2.05. The fourth-order valence-corrected chi connectivity index (χ4v) is 1.80. The topological polar surface area (TPSA) is 63.2 Å². The van der Waals surface area contributed by atoms with Gasteiger partial charge in [-0.05, 0) is 12.1 Å². The Morgan fingerprint density at radius 2 is 2.50 bits per heavy atom. The van der Waals surface area contributed by atoms with Crippen LogP contribution in [0.4, 0.5) is 0 Å². The van der Waals surface area contributed by atoms with E-state index < -0.39 is 0 Å². The molecule has 1 aromatic heterocycles. The summed E-state index contributed by atoms with van der Waals surface area (Å²) in [5.41, 5.74) is 0.573. The highest BCUT2D eigenvalue weighted by Gasteiger charge is 2.28. The molecule has 1 aromatic rings. The Balaban J connectivity index is 1.97. The summed E-state index contributed by atoms with van der Waals surface area (Å²) in [7, 11) is 1.65. The lowest BCUT2D eigenvalue weighted by molar-refractivity contribution is 0.0779. The van der Waals surface area contributed by atoms with Crippen molar-refractivity contribution in [2.75, 3.05) is 20.2 Å². The van der Waals surface area contributed by atoms with Crippen LogP contribution in [-0.2, 0) is 4.74 Å². The molecule has 2 N–H and O–H groups in total. The number of hydrogen-bond acceptors (Lipinski definition) is 4. The van der Waals surface area contributed by atoms with E-state index in [2.05, 4.69) is 15.6 Å². The fraction of sp³-hybridized carbons (Fsp3) is 0.455. The number of ether oxygens (including phenoxy) is 1. The van der Waals surface area contributed by atoms with Crippen molar-refractivity contribution < 1.29 is 9.53 Å². The molecule has 0 aromatic carbocycles. The molecule has 1 fully saturated rings. The number of hydrogen-bond donors (Lipinski definition) is 2. The molecule has 0 saturated carbocycles. The van der Waals surface area contributed by atoms with Crippen LogP contribution in [0.3, 0.4) is 0 Å². The summed E-state index contributed by atoms with van der Waals surface area (Å²) in [5.74, 6) is -0.108. The van der Waals surface area contributed by atoms with Crippen molar-refractivity contribution in [1.29, 1.82) is 0 Å². The summed E-state index contributed by atoms with van der Waals surface area (Å²) >= 11 is 0. The molecular formula is C11H15N3O2. The molecule has 1 aliphatic rings. The molecule has 0 spiro atoms. The zero-order chi connectivity index (χ0) is 11.4. The monoisotopic (exact) mass is 221 g/mol. The summed E-state index contributed by atoms with van der Waals surface area (Å²) in [6.45, 7) is 1.51. The van der Waals surface area contributed by atoms with E-state index in [1.807, 2.05) is 0 Å². The smallest absolute Gasteiger partial charge is 0.253 e. The van der Waals surface area contributed by atoms with Gasteiger partial charge in [-0.3, -0.25) is 9.78 Å². The van der Waals surface area contributed by atoms with Gasteiger partial charge in [-0.25, -0.2) is 0 Å². The predicted octanol–water partition coefficient (Wildman–Crippen LogP) is -0.202. The second kappa shape index (κ2) is 5.05. The molecule has 86 valence electrons. The van der Waals surface area contributed by atoms with Crippen LogP contribution < -0.4 is 10.6 Å². The third-order valence-electron chi connectivity index (χ3n) is 2.70. The number of aromatic nitrogens is 1. The minimum Gasteiger partial charge on any atom is -0.378 e. The lowest BCUT2D eigenvalue weighted by Crippen LogP contribution is -2.43. The Labute approximate surface area is 94.2 Å². The summed E-state index contributed by atoms with van der Waals surface area (Å²) in [5, 5.41) is 6.10. The molecule has 2 heterocycles. The van der Waals surface area contributed by atoms with Gasteiger partial charge in [0.25, 0.3) is 5.91 Å². The second-order valence-corrected chi connectivity index (χ2v) is 3.75. The Morgan fingerprint density at radius 3 is 3.19 bits per heavy atom. The molecule has 1 saturated heterocycles. The number of amides is 1. The first kappa shape index (κ1) is 11.0. The quantitative estimate of drug-likeness (QED) is 0.742. The summed E-state index contributed by atoms with van der Waals surface area (Å²) in [4.78, 5) is 15.7. The Hall–Kier alpha value is -1.46. The highest BCUT2D eigenvalue weighted by atomic mass is 16.5. The van der Waals surface area contributed by atoms with Crippen molar-refractivity contribution in [2.24, 2.45) is 0 Å². The zero-order valence-corrected chi connectivity index (χ0v) is 9.14. The SMILES string of the molecule is COC1CNCC1NC(=O)c1cccnc1. The van der Waals surface area contributed by atoms with Gasteiger partial charge in [0.1, 0.15) is 0 Å². The highest BCUT2D eigenvalue weighted by molar-refractivity contribution is 5.94. The van der Waals surface area contributed by atoms with E-state index >= 15 is 0 Å². The van der Waals surface area contributed by atoms with Gasteiger partial charge in [0.2, 0.25) is 0 Å². The third kappa shape index (κ3) is 2.37. The number of rotatable bonds is 3. The molecule has 0 radical (unpaired) electrons. The molecule has 2 atom stereocenters. The van der Waals surface area contributed by atoms with Gasteiger partial charge >= 0.3 is 0 Å². The van der Waals surface area contributed by atoms with Crippen LogP contribution in [0.1, 0.15) is 10.4 Å². The Kier molecular flexibility index (Phi) is 3.48. The minimum absolute atomic E-state index is 0.0257. The van der Waals surface area contributed by atoms with Crippen LogP contribution in [0.2, 0.25) is 0 Å². The van der Waals surface area contributed by atoms with Gasteiger partial charge in [0, 0.05) is 32.6 Å². The maximum atomic E-state index is 11.8. The van der Waals surface area contributed by atoms with E-state index in [4.69, 9.17) is 4.74 Å². The van der Waals surface area contributed by atoms with Crippen molar-refractivity contribution in [3.63, 3.8) is 0 Å². The molecule has 1 aliphatic heterocycles. The van der Waals surface area contributed by atoms with Crippen LogP contribution in [0.5, 0.6) is 0 Å². The molecular weight excluding hydrogens is 206 g/mol. The van der Waals surface area contributed by atoms with Crippen molar-refractivity contribution in [1.82, 2.24) is 15.6 Å². The third-order valence-corrected chi connectivity index (χ3v) is 2.70. The van der Waals surface area contributed by atoms with Gasteiger partial charge < -0.3 is 15.4 Å². The number of methoxy groups -OCH3 is 1. The molecule has 2 unspecified atom stereocenters. The lowest BCUT2D eigenvalue weighted by atomic mass is 10.2. The number of pyridine rings is 1. The summed E-state index contributed by atoms with van der Waals surface area (Å²) in [6, 6.07) is 3.51. The van der Waals surface area contributed by atoms with Crippen LogP contribution in [0, 0.1) is 0 Å². The van der Waals surface area contributed by atoms with Crippen molar-refractivity contribution >= 4 is 5.91 Å². The number of nitrogens with zero attached hydrogens (tertiary/aromatic N) is 1. The molecule has 1 amide bonds. The molecule has 16 heavy (non-hydrogen) atoms. The van der Waals surface area contributed by atoms with Gasteiger partial charge in [-0.15, -0.1) is 0 Å². The van der Waals surface area contributed by atoms with Gasteiger partial charge in [-0.1, -0.05) is 0 Å². The maximum absolute atomic E-state index is 11.8. The molecule has 2 rings (SSSR count). The largest absolute Gasteiger partial charge is 0.378 e. The molecule has 0 bridgehead atoms.